The number of pyridine rings is 1. The highest BCUT2D eigenvalue weighted by molar-refractivity contribution is 7.99. The predicted molar refractivity (Wildman–Crippen MR) is 112 cm³/mol. The van der Waals surface area contributed by atoms with Gasteiger partial charge in [-0.2, -0.15) is 4.31 Å². The van der Waals surface area contributed by atoms with Crippen molar-refractivity contribution in [2.45, 2.75) is 80.2 Å². The van der Waals surface area contributed by atoms with Crippen LogP contribution in [-0.4, -0.2) is 48.5 Å². The van der Waals surface area contributed by atoms with Gasteiger partial charge in [0.25, 0.3) is 0 Å². The van der Waals surface area contributed by atoms with E-state index in [1.807, 2.05) is 0 Å². The smallest absolute Gasteiger partial charge is 0.244 e. The molecule has 0 spiro atoms. The Kier molecular flexibility index (Phi) is 8.17. The number of nitrogens with one attached hydrogen (secondary N) is 1. The second-order valence-corrected chi connectivity index (χ2v) is 10.7. The molecule has 0 bridgehead atoms. The van der Waals surface area contributed by atoms with Crippen LogP contribution in [0.2, 0.25) is 0 Å². The lowest BCUT2D eigenvalue weighted by Crippen LogP contribution is -2.36. The summed E-state index contributed by atoms with van der Waals surface area (Å²) in [5.74, 6) is 0.740. The molecular formula is C20H31N3O3S2. The number of hydrogen-bond acceptors (Lipinski definition) is 5. The second-order valence-electron chi connectivity index (χ2n) is 7.65. The zero-order valence-corrected chi connectivity index (χ0v) is 18.1. The van der Waals surface area contributed by atoms with Gasteiger partial charge in [0.2, 0.25) is 15.9 Å². The van der Waals surface area contributed by atoms with Gasteiger partial charge in [-0.1, -0.05) is 32.1 Å². The van der Waals surface area contributed by atoms with Crippen LogP contribution in [0.4, 0.5) is 0 Å². The molecule has 1 N–H and O–H groups in total. The molecule has 0 aromatic carbocycles. The van der Waals surface area contributed by atoms with Gasteiger partial charge in [-0.25, -0.2) is 13.4 Å². The van der Waals surface area contributed by atoms with Crippen LogP contribution in [0.25, 0.3) is 0 Å². The Hall–Kier alpha value is -1.12. The van der Waals surface area contributed by atoms with E-state index >= 15 is 0 Å². The molecule has 1 amide bonds. The van der Waals surface area contributed by atoms with Crippen molar-refractivity contribution in [3.8, 4) is 0 Å². The molecule has 0 radical (unpaired) electrons. The molecular weight excluding hydrogens is 394 g/mol. The standard InChI is InChI=1S/C20H31N3O3S2/c24-19(22-17-8-4-3-5-9-17)12-15-27-20-11-10-18(16-21-20)28(25,26)23-13-6-1-2-7-14-23/h10-11,16-17H,1-9,12-15H2,(H,22,24). The number of hydrogen-bond donors (Lipinski definition) is 1. The molecule has 28 heavy (non-hydrogen) atoms. The van der Waals surface area contributed by atoms with Gasteiger partial charge in [0, 0.05) is 37.5 Å². The van der Waals surface area contributed by atoms with Crippen molar-refractivity contribution in [2.24, 2.45) is 0 Å². The Morgan fingerprint density at radius 3 is 2.39 bits per heavy atom. The second kappa shape index (κ2) is 10.6. The van der Waals surface area contributed by atoms with Gasteiger partial charge in [-0.15, -0.1) is 11.8 Å². The maximum absolute atomic E-state index is 12.8. The fourth-order valence-corrected chi connectivity index (χ4v) is 6.08. The third-order valence-electron chi connectivity index (χ3n) is 5.46. The summed E-state index contributed by atoms with van der Waals surface area (Å²) in [6, 6.07) is 3.72. The fraction of sp³-hybridized carbons (Fsp3) is 0.700. The van der Waals surface area contributed by atoms with Crippen LogP contribution >= 0.6 is 11.8 Å². The molecule has 1 saturated carbocycles. The number of sulfonamides is 1. The van der Waals surface area contributed by atoms with E-state index in [0.29, 0.717) is 31.3 Å². The van der Waals surface area contributed by atoms with E-state index in [1.54, 1.807) is 16.4 Å². The summed E-state index contributed by atoms with van der Waals surface area (Å²) < 4.78 is 27.1. The van der Waals surface area contributed by atoms with Crippen molar-refractivity contribution < 1.29 is 13.2 Å². The topological polar surface area (TPSA) is 79.4 Å². The Morgan fingerprint density at radius 1 is 1.07 bits per heavy atom. The highest BCUT2D eigenvalue weighted by Crippen LogP contribution is 2.23. The largest absolute Gasteiger partial charge is 0.353 e. The molecule has 1 saturated heterocycles. The molecule has 1 aliphatic carbocycles. The number of nitrogens with zero attached hydrogens (tertiary/aromatic N) is 2. The van der Waals surface area contributed by atoms with E-state index in [1.165, 1.54) is 37.2 Å². The molecule has 2 heterocycles. The van der Waals surface area contributed by atoms with Crippen LogP contribution in [-0.2, 0) is 14.8 Å². The van der Waals surface area contributed by atoms with Crippen molar-refractivity contribution in [1.82, 2.24) is 14.6 Å². The van der Waals surface area contributed by atoms with Gasteiger partial charge in [0.1, 0.15) is 4.90 Å². The first-order valence-electron chi connectivity index (χ1n) is 10.4. The summed E-state index contributed by atoms with van der Waals surface area (Å²) in [6.45, 7) is 1.18. The van der Waals surface area contributed by atoms with Gasteiger partial charge in [-0.05, 0) is 37.8 Å². The summed E-state index contributed by atoms with van der Waals surface area (Å²) >= 11 is 1.49. The molecule has 156 valence electrons. The normalized spacial score (nSPS) is 19.9. The number of aromatic nitrogens is 1. The zero-order chi connectivity index (χ0) is 19.8. The molecule has 0 atom stereocenters. The van der Waals surface area contributed by atoms with Crippen molar-refractivity contribution in [3.63, 3.8) is 0 Å². The lowest BCUT2D eigenvalue weighted by Gasteiger charge is -2.22. The molecule has 0 unspecified atom stereocenters. The Bertz CT molecular complexity index is 724. The first-order chi connectivity index (χ1) is 13.6. The van der Waals surface area contributed by atoms with Crippen LogP contribution in [0.3, 0.4) is 0 Å². The first kappa shape index (κ1) is 21.6. The Balaban J connectivity index is 1.46. The SMILES string of the molecule is O=C(CCSc1ccc(S(=O)(=O)N2CCCCCC2)cn1)NC1CCCCC1. The molecule has 6 nitrogen and oxygen atoms in total. The molecule has 3 rings (SSSR count). The summed E-state index contributed by atoms with van der Waals surface area (Å²) in [7, 11) is -3.46. The van der Waals surface area contributed by atoms with E-state index in [-0.39, 0.29) is 10.8 Å². The minimum atomic E-state index is -3.46. The summed E-state index contributed by atoms with van der Waals surface area (Å²) in [6.07, 6.45) is 11.8. The Morgan fingerprint density at radius 2 is 1.75 bits per heavy atom. The van der Waals surface area contributed by atoms with E-state index in [2.05, 4.69) is 10.3 Å². The lowest BCUT2D eigenvalue weighted by atomic mass is 9.95. The van der Waals surface area contributed by atoms with Gasteiger partial charge < -0.3 is 5.32 Å². The first-order valence-corrected chi connectivity index (χ1v) is 12.9. The Labute approximate surface area is 172 Å². The van der Waals surface area contributed by atoms with E-state index in [4.69, 9.17) is 0 Å². The van der Waals surface area contributed by atoms with E-state index in [9.17, 15) is 13.2 Å². The van der Waals surface area contributed by atoms with Gasteiger partial charge in [0.15, 0.2) is 0 Å². The minimum Gasteiger partial charge on any atom is -0.353 e. The van der Waals surface area contributed by atoms with Crippen LogP contribution in [0, 0.1) is 0 Å². The molecule has 1 aromatic heterocycles. The van der Waals surface area contributed by atoms with Crippen molar-refractivity contribution in [3.05, 3.63) is 18.3 Å². The summed E-state index contributed by atoms with van der Waals surface area (Å²) in [5.41, 5.74) is 0. The summed E-state index contributed by atoms with van der Waals surface area (Å²) in [5, 5.41) is 3.87. The number of carbonyl (C=O) groups is 1. The highest BCUT2D eigenvalue weighted by atomic mass is 32.2. The van der Waals surface area contributed by atoms with Crippen LogP contribution < -0.4 is 5.32 Å². The van der Waals surface area contributed by atoms with Crippen LogP contribution in [0.15, 0.2) is 28.3 Å². The number of thioether (sulfide) groups is 1. The van der Waals surface area contributed by atoms with Crippen LogP contribution in [0.5, 0.6) is 0 Å². The summed E-state index contributed by atoms with van der Waals surface area (Å²) in [4.78, 5) is 16.6. The third-order valence-corrected chi connectivity index (χ3v) is 8.29. The average Bonchev–Trinajstić information content (AvgIpc) is 2.99. The van der Waals surface area contributed by atoms with Crippen molar-refractivity contribution >= 4 is 27.7 Å². The molecule has 2 fully saturated rings. The van der Waals surface area contributed by atoms with Gasteiger partial charge >= 0.3 is 0 Å². The van der Waals surface area contributed by atoms with Crippen LogP contribution in [0.1, 0.15) is 64.2 Å². The molecule has 1 aromatic rings. The van der Waals surface area contributed by atoms with Crippen molar-refractivity contribution in [1.29, 1.82) is 0 Å². The monoisotopic (exact) mass is 425 g/mol. The van der Waals surface area contributed by atoms with Crippen molar-refractivity contribution in [2.75, 3.05) is 18.8 Å². The zero-order valence-electron chi connectivity index (χ0n) is 16.4. The number of rotatable bonds is 7. The minimum absolute atomic E-state index is 0.0970. The lowest BCUT2D eigenvalue weighted by molar-refractivity contribution is -0.121. The van der Waals surface area contributed by atoms with E-state index < -0.39 is 10.0 Å². The molecule has 8 heteroatoms. The fourth-order valence-electron chi connectivity index (χ4n) is 3.83. The maximum Gasteiger partial charge on any atom is 0.244 e. The number of amides is 1. The maximum atomic E-state index is 12.8. The highest BCUT2D eigenvalue weighted by Gasteiger charge is 2.25. The molecule has 2 aliphatic rings. The molecule has 1 aliphatic heterocycles. The quantitative estimate of drug-likeness (QED) is 0.676. The number of carbonyl (C=O) groups excluding carboxylic acids is 1. The average molecular weight is 426 g/mol. The van der Waals surface area contributed by atoms with Gasteiger partial charge in [0.05, 0.1) is 5.03 Å². The predicted octanol–water partition coefficient (Wildman–Crippen LogP) is 3.58. The van der Waals surface area contributed by atoms with E-state index in [0.717, 1.165) is 43.6 Å². The third kappa shape index (κ3) is 6.19. The van der Waals surface area contributed by atoms with Gasteiger partial charge in [-0.3, -0.25) is 4.79 Å².